The predicted octanol–water partition coefficient (Wildman–Crippen LogP) is 4.30. The summed E-state index contributed by atoms with van der Waals surface area (Å²) in [4.78, 5) is -0.563. The molecule has 4 rings (SSSR count). The van der Waals surface area contributed by atoms with Gasteiger partial charge in [0, 0.05) is 17.0 Å². The number of sulfone groups is 1. The van der Waals surface area contributed by atoms with Gasteiger partial charge >= 0.3 is 15.5 Å². The first-order valence-corrected chi connectivity index (χ1v) is 14.9. The van der Waals surface area contributed by atoms with Crippen molar-refractivity contribution in [3.8, 4) is 0 Å². The standard InChI is InChI=1S/C22H16ClF3N2O6S3/c23-17-7-11-19(12-8-17)36(31,32)28-20-4-2-1-3-16(20)13-21(28)35(29,30)18-9-5-15(6-10-18)14-27-37(33,34)22(24,25)26/h1-13,27H,14H2. The second kappa shape index (κ2) is 9.44. The molecule has 0 bridgehead atoms. The highest BCUT2D eigenvalue weighted by Crippen LogP contribution is 2.32. The van der Waals surface area contributed by atoms with E-state index in [9.17, 15) is 38.4 Å². The van der Waals surface area contributed by atoms with Crippen molar-refractivity contribution in [2.75, 3.05) is 0 Å². The molecule has 0 saturated carbocycles. The first-order chi connectivity index (χ1) is 17.1. The average molecular weight is 593 g/mol. The van der Waals surface area contributed by atoms with Gasteiger partial charge in [-0.2, -0.15) is 13.2 Å². The van der Waals surface area contributed by atoms with E-state index in [0.717, 1.165) is 24.3 Å². The minimum Gasteiger partial charge on any atom is -0.222 e. The summed E-state index contributed by atoms with van der Waals surface area (Å²) < 4.78 is 116. The zero-order chi connectivity index (χ0) is 27.2. The lowest BCUT2D eigenvalue weighted by atomic mass is 10.2. The molecule has 196 valence electrons. The number of halogens is 4. The Labute approximate surface area is 215 Å². The summed E-state index contributed by atoms with van der Waals surface area (Å²) in [7, 11) is -14.5. The highest BCUT2D eigenvalue weighted by Gasteiger charge is 2.45. The minimum atomic E-state index is -5.59. The number of alkyl halides is 3. The van der Waals surface area contributed by atoms with Gasteiger partial charge in [-0.05, 0) is 54.1 Å². The number of nitrogens with one attached hydrogen (secondary N) is 1. The van der Waals surface area contributed by atoms with Crippen LogP contribution in [0.4, 0.5) is 13.2 Å². The lowest BCUT2D eigenvalue weighted by Crippen LogP contribution is -2.35. The smallest absolute Gasteiger partial charge is 0.222 e. The van der Waals surface area contributed by atoms with Gasteiger partial charge in [-0.3, -0.25) is 0 Å². The van der Waals surface area contributed by atoms with Crippen molar-refractivity contribution >= 4 is 52.4 Å². The summed E-state index contributed by atoms with van der Waals surface area (Å²) in [5, 5.41) is 0.0488. The Kier molecular flexibility index (Phi) is 6.92. The maximum absolute atomic E-state index is 13.5. The molecule has 37 heavy (non-hydrogen) atoms. The van der Waals surface area contributed by atoms with E-state index in [1.54, 1.807) is 12.1 Å². The number of para-hydroxylation sites is 1. The van der Waals surface area contributed by atoms with Crippen molar-refractivity contribution in [3.63, 3.8) is 0 Å². The van der Waals surface area contributed by atoms with Crippen LogP contribution in [0.15, 0.2) is 93.7 Å². The SMILES string of the molecule is O=S(=O)(c1ccc(CNS(=O)(=O)C(F)(F)F)cc1)c1cc2ccccc2n1S(=O)(=O)c1ccc(Cl)cc1. The lowest BCUT2D eigenvalue weighted by molar-refractivity contribution is -0.0448. The highest BCUT2D eigenvalue weighted by atomic mass is 35.5. The number of fused-ring (bicyclic) bond motifs is 1. The summed E-state index contributed by atoms with van der Waals surface area (Å²) >= 11 is 5.86. The molecule has 0 amide bonds. The summed E-state index contributed by atoms with van der Waals surface area (Å²) in [6.07, 6.45) is 0. The van der Waals surface area contributed by atoms with Crippen molar-refractivity contribution < 1.29 is 38.4 Å². The van der Waals surface area contributed by atoms with Crippen molar-refractivity contribution in [1.82, 2.24) is 8.69 Å². The van der Waals surface area contributed by atoms with Gasteiger partial charge in [-0.15, -0.1) is 0 Å². The molecule has 15 heteroatoms. The van der Waals surface area contributed by atoms with E-state index >= 15 is 0 Å². The molecule has 1 heterocycles. The average Bonchev–Trinajstić information content (AvgIpc) is 3.24. The van der Waals surface area contributed by atoms with Gasteiger partial charge in [0.25, 0.3) is 10.0 Å². The van der Waals surface area contributed by atoms with Crippen LogP contribution < -0.4 is 4.72 Å². The van der Waals surface area contributed by atoms with Crippen molar-refractivity contribution in [1.29, 1.82) is 0 Å². The van der Waals surface area contributed by atoms with Crippen LogP contribution in [0.3, 0.4) is 0 Å². The predicted molar refractivity (Wildman–Crippen MR) is 130 cm³/mol. The van der Waals surface area contributed by atoms with Gasteiger partial charge in [-0.25, -0.2) is 33.9 Å². The van der Waals surface area contributed by atoms with Crippen molar-refractivity contribution in [3.05, 3.63) is 89.4 Å². The molecule has 0 atom stereocenters. The van der Waals surface area contributed by atoms with Gasteiger partial charge < -0.3 is 0 Å². The van der Waals surface area contributed by atoms with Crippen LogP contribution in [-0.4, -0.2) is 34.7 Å². The molecule has 3 aromatic carbocycles. The number of nitrogens with zero attached hydrogens (tertiary/aromatic N) is 1. The van der Waals surface area contributed by atoms with Gasteiger partial charge in [-0.1, -0.05) is 41.9 Å². The van der Waals surface area contributed by atoms with Crippen LogP contribution in [0.1, 0.15) is 5.56 Å². The molecule has 1 aromatic heterocycles. The molecule has 0 aliphatic heterocycles. The number of aromatic nitrogens is 1. The molecule has 0 radical (unpaired) electrons. The largest absolute Gasteiger partial charge is 0.511 e. The molecule has 0 saturated heterocycles. The molecule has 0 aliphatic carbocycles. The van der Waals surface area contributed by atoms with Crippen molar-refractivity contribution in [2.45, 2.75) is 26.9 Å². The van der Waals surface area contributed by atoms with E-state index in [4.69, 9.17) is 11.6 Å². The third-order valence-electron chi connectivity index (χ3n) is 5.27. The molecule has 0 spiro atoms. The summed E-state index contributed by atoms with van der Waals surface area (Å²) in [5.74, 6) is 0. The highest BCUT2D eigenvalue weighted by molar-refractivity contribution is 7.93. The van der Waals surface area contributed by atoms with Crippen LogP contribution in [0.5, 0.6) is 0 Å². The van der Waals surface area contributed by atoms with Gasteiger partial charge in [0.05, 0.1) is 15.3 Å². The van der Waals surface area contributed by atoms with Crippen LogP contribution in [0.25, 0.3) is 10.9 Å². The Balaban J connectivity index is 1.78. The normalized spacial score (nSPS) is 13.2. The Hall–Kier alpha value is -2.91. The van der Waals surface area contributed by atoms with E-state index in [2.05, 4.69) is 0 Å². The second-order valence-corrected chi connectivity index (χ2v) is 13.6. The van der Waals surface area contributed by atoms with Crippen LogP contribution in [-0.2, 0) is 36.4 Å². The molecule has 8 nitrogen and oxygen atoms in total. The van der Waals surface area contributed by atoms with Crippen LogP contribution in [0.2, 0.25) is 5.02 Å². The van der Waals surface area contributed by atoms with E-state index in [1.807, 2.05) is 0 Å². The fourth-order valence-corrected chi connectivity index (χ4v) is 7.39. The minimum absolute atomic E-state index is 0.0427. The molecule has 4 aromatic rings. The summed E-state index contributed by atoms with van der Waals surface area (Å²) in [6, 6.07) is 16.8. The maximum atomic E-state index is 13.5. The lowest BCUT2D eigenvalue weighted by Gasteiger charge is -2.13. The Morgan fingerprint density at radius 1 is 0.784 bits per heavy atom. The van der Waals surface area contributed by atoms with E-state index < -0.39 is 47.0 Å². The molecule has 1 N–H and O–H groups in total. The Morgan fingerprint density at radius 2 is 1.35 bits per heavy atom. The van der Waals surface area contributed by atoms with E-state index in [1.165, 1.54) is 47.2 Å². The number of hydrogen-bond acceptors (Lipinski definition) is 6. The fourth-order valence-electron chi connectivity index (χ4n) is 3.42. The number of hydrogen-bond donors (Lipinski definition) is 1. The Morgan fingerprint density at radius 3 is 1.95 bits per heavy atom. The fraction of sp³-hybridized carbons (Fsp3) is 0.0909. The zero-order valence-corrected chi connectivity index (χ0v) is 21.6. The third kappa shape index (κ3) is 5.11. The monoisotopic (exact) mass is 592 g/mol. The van der Waals surface area contributed by atoms with E-state index in [0.29, 0.717) is 9.36 Å². The summed E-state index contributed by atoms with van der Waals surface area (Å²) in [5.41, 5.74) is -5.35. The summed E-state index contributed by atoms with van der Waals surface area (Å²) in [6.45, 7) is -0.743. The van der Waals surface area contributed by atoms with Gasteiger partial charge in [0.2, 0.25) is 9.84 Å². The molecule has 0 fully saturated rings. The zero-order valence-electron chi connectivity index (χ0n) is 18.3. The quantitative estimate of drug-likeness (QED) is 0.342. The second-order valence-electron chi connectivity index (χ2n) is 7.68. The number of rotatable bonds is 7. The topological polar surface area (TPSA) is 119 Å². The Bertz CT molecular complexity index is 1800. The molecule has 0 aliphatic rings. The van der Waals surface area contributed by atoms with Crippen molar-refractivity contribution in [2.24, 2.45) is 0 Å². The maximum Gasteiger partial charge on any atom is 0.511 e. The van der Waals surface area contributed by atoms with Gasteiger partial charge in [0.15, 0.2) is 5.03 Å². The first-order valence-electron chi connectivity index (χ1n) is 10.2. The van der Waals surface area contributed by atoms with Crippen LogP contribution >= 0.6 is 11.6 Å². The van der Waals surface area contributed by atoms with Crippen LogP contribution in [0, 0.1) is 0 Å². The molecular weight excluding hydrogens is 577 g/mol. The van der Waals surface area contributed by atoms with E-state index in [-0.39, 0.29) is 25.9 Å². The third-order valence-corrected chi connectivity index (χ3v) is 10.3. The number of sulfonamides is 1. The molecular formula is C22H16ClF3N2O6S3. The number of benzene rings is 3. The molecule has 0 unspecified atom stereocenters. The first kappa shape index (κ1) is 27.1. The van der Waals surface area contributed by atoms with Gasteiger partial charge in [0.1, 0.15) is 0 Å².